The van der Waals surface area contributed by atoms with Crippen molar-refractivity contribution in [3.8, 4) is 11.4 Å². The molecule has 0 radical (unpaired) electrons. The molecule has 150 valence electrons. The zero-order valence-electron chi connectivity index (χ0n) is 16.5. The molecule has 10 heteroatoms. The summed E-state index contributed by atoms with van der Waals surface area (Å²) in [6.07, 6.45) is -1.15. The van der Waals surface area contributed by atoms with Gasteiger partial charge in [-0.3, -0.25) is 10.1 Å². The molecule has 0 aliphatic carbocycles. The summed E-state index contributed by atoms with van der Waals surface area (Å²) in [4.78, 5) is 36.7. The predicted molar refractivity (Wildman–Crippen MR) is 100.0 cm³/mol. The number of urea groups is 1. The summed E-state index contributed by atoms with van der Waals surface area (Å²) in [6.45, 7) is 8.34. The van der Waals surface area contributed by atoms with Gasteiger partial charge in [0.1, 0.15) is 0 Å². The van der Waals surface area contributed by atoms with E-state index in [1.807, 2.05) is 31.2 Å². The van der Waals surface area contributed by atoms with E-state index >= 15 is 0 Å². The minimum absolute atomic E-state index is 0.315. The van der Waals surface area contributed by atoms with E-state index in [0.717, 1.165) is 15.9 Å². The molecule has 0 saturated carbocycles. The minimum Gasteiger partial charge on any atom is -0.451 e. The second kappa shape index (κ2) is 8.59. The van der Waals surface area contributed by atoms with Crippen molar-refractivity contribution in [2.75, 3.05) is 0 Å². The highest BCUT2D eigenvalue weighted by molar-refractivity contribution is 5.97. The van der Waals surface area contributed by atoms with E-state index in [-0.39, 0.29) is 6.54 Å². The third-order valence-corrected chi connectivity index (χ3v) is 3.44. The van der Waals surface area contributed by atoms with E-state index < -0.39 is 29.6 Å². The van der Waals surface area contributed by atoms with Crippen molar-refractivity contribution in [2.24, 2.45) is 0 Å². The molecule has 0 aliphatic rings. The molecule has 2 N–H and O–H groups in total. The van der Waals surface area contributed by atoms with Crippen LogP contribution >= 0.6 is 0 Å². The smallest absolute Gasteiger partial charge is 0.330 e. The lowest BCUT2D eigenvalue weighted by atomic mass is 10.1. The number of benzene rings is 1. The van der Waals surface area contributed by atoms with Crippen molar-refractivity contribution >= 4 is 17.9 Å². The molecular formula is C18H24N6O4. The number of hydrogen-bond donors (Lipinski definition) is 2. The van der Waals surface area contributed by atoms with Gasteiger partial charge in [0.05, 0.1) is 0 Å². The van der Waals surface area contributed by atoms with Crippen LogP contribution in [0.25, 0.3) is 11.4 Å². The van der Waals surface area contributed by atoms with Crippen LogP contribution in [-0.4, -0.2) is 49.8 Å². The fraction of sp³-hybridized carbons (Fsp3) is 0.444. The third kappa shape index (κ3) is 6.45. The number of esters is 1. The number of nitrogens with zero attached hydrogens (tertiary/aromatic N) is 4. The standard InChI is InChI=1S/C18H24N6O4/c1-11-6-8-13(9-7-11)15-21-23-24(22-15)10-14(25)28-12(2)16(26)19-17(27)20-18(3,4)5/h6-9,12H,10H2,1-5H3,(H2,19,20,26,27)/t12-/m0/s1. The van der Waals surface area contributed by atoms with E-state index in [1.54, 1.807) is 20.8 Å². The van der Waals surface area contributed by atoms with Gasteiger partial charge in [0.25, 0.3) is 5.91 Å². The quantitative estimate of drug-likeness (QED) is 0.737. The number of nitrogens with one attached hydrogen (secondary N) is 2. The van der Waals surface area contributed by atoms with E-state index in [9.17, 15) is 14.4 Å². The highest BCUT2D eigenvalue weighted by atomic mass is 16.5. The summed E-state index contributed by atoms with van der Waals surface area (Å²) in [7, 11) is 0. The number of imide groups is 1. The molecule has 3 amide bonds. The molecule has 1 atom stereocenters. The largest absolute Gasteiger partial charge is 0.451 e. The van der Waals surface area contributed by atoms with Crippen LogP contribution in [-0.2, 0) is 20.9 Å². The highest BCUT2D eigenvalue weighted by Crippen LogP contribution is 2.13. The van der Waals surface area contributed by atoms with Crippen molar-refractivity contribution in [2.45, 2.75) is 52.8 Å². The lowest BCUT2D eigenvalue weighted by molar-refractivity contribution is -0.155. The average molecular weight is 388 g/mol. The molecule has 1 aromatic heterocycles. The molecule has 2 aromatic rings. The molecule has 1 heterocycles. The third-order valence-electron chi connectivity index (χ3n) is 3.44. The summed E-state index contributed by atoms with van der Waals surface area (Å²) in [5.41, 5.74) is 1.36. The van der Waals surface area contributed by atoms with Gasteiger partial charge in [0.2, 0.25) is 5.82 Å². The molecule has 0 bridgehead atoms. The van der Waals surface area contributed by atoms with E-state index in [4.69, 9.17) is 4.74 Å². The maximum Gasteiger partial charge on any atom is 0.330 e. The maximum atomic E-state index is 12.0. The number of aromatic nitrogens is 4. The van der Waals surface area contributed by atoms with Crippen molar-refractivity contribution in [3.05, 3.63) is 29.8 Å². The van der Waals surface area contributed by atoms with Crippen molar-refractivity contribution < 1.29 is 19.1 Å². The number of tetrazole rings is 1. The van der Waals surface area contributed by atoms with Gasteiger partial charge in [-0.2, -0.15) is 4.80 Å². The van der Waals surface area contributed by atoms with Gasteiger partial charge in [-0.1, -0.05) is 29.8 Å². The van der Waals surface area contributed by atoms with Crippen LogP contribution in [0.4, 0.5) is 4.79 Å². The maximum absolute atomic E-state index is 12.0. The Balaban J connectivity index is 1.87. The Morgan fingerprint density at radius 1 is 1.18 bits per heavy atom. The van der Waals surface area contributed by atoms with Crippen LogP contribution in [0.5, 0.6) is 0 Å². The number of hydrogen-bond acceptors (Lipinski definition) is 7. The van der Waals surface area contributed by atoms with E-state index in [2.05, 4.69) is 26.0 Å². The molecular weight excluding hydrogens is 364 g/mol. The molecule has 28 heavy (non-hydrogen) atoms. The van der Waals surface area contributed by atoms with Crippen molar-refractivity contribution in [3.63, 3.8) is 0 Å². The van der Waals surface area contributed by atoms with Crippen molar-refractivity contribution in [1.82, 2.24) is 30.8 Å². The van der Waals surface area contributed by atoms with Gasteiger partial charge in [0, 0.05) is 11.1 Å². The van der Waals surface area contributed by atoms with Gasteiger partial charge in [0.15, 0.2) is 12.6 Å². The average Bonchev–Trinajstić information content (AvgIpc) is 3.01. The lowest BCUT2D eigenvalue weighted by Gasteiger charge is -2.21. The number of aryl methyl sites for hydroxylation is 1. The summed E-state index contributed by atoms with van der Waals surface area (Å²) in [6, 6.07) is 6.87. The first-order valence-corrected chi connectivity index (χ1v) is 8.71. The fourth-order valence-electron chi connectivity index (χ4n) is 2.12. The highest BCUT2D eigenvalue weighted by Gasteiger charge is 2.22. The fourth-order valence-corrected chi connectivity index (χ4v) is 2.12. The second-order valence-corrected chi connectivity index (χ2v) is 7.33. The Morgan fingerprint density at radius 2 is 1.82 bits per heavy atom. The minimum atomic E-state index is -1.15. The molecule has 2 rings (SSSR count). The number of carbonyl (C=O) groups is 3. The van der Waals surface area contributed by atoms with E-state index in [1.165, 1.54) is 6.92 Å². The molecule has 0 unspecified atom stereocenters. The SMILES string of the molecule is Cc1ccc(-c2nnn(CC(=O)O[C@@H](C)C(=O)NC(=O)NC(C)(C)C)n2)cc1. The molecule has 0 aliphatic heterocycles. The zero-order chi connectivity index (χ0) is 20.9. The molecule has 10 nitrogen and oxygen atoms in total. The van der Waals surface area contributed by atoms with Crippen LogP contribution < -0.4 is 10.6 Å². The van der Waals surface area contributed by atoms with Crippen LogP contribution in [0.15, 0.2) is 24.3 Å². The van der Waals surface area contributed by atoms with Crippen LogP contribution in [0, 0.1) is 6.92 Å². The lowest BCUT2D eigenvalue weighted by Crippen LogP contribution is -2.50. The number of amides is 3. The summed E-state index contributed by atoms with van der Waals surface area (Å²) >= 11 is 0. The Hall–Kier alpha value is -3.30. The van der Waals surface area contributed by atoms with E-state index in [0.29, 0.717) is 5.82 Å². The summed E-state index contributed by atoms with van der Waals surface area (Å²) in [5.74, 6) is -1.09. The van der Waals surface area contributed by atoms with Crippen LogP contribution in [0.3, 0.4) is 0 Å². The number of ether oxygens (including phenoxy) is 1. The van der Waals surface area contributed by atoms with Crippen LogP contribution in [0.2, 0.25) is 0 Å². The first kappa shape index (κ1) is 21.0. The molecule has 0 fully saturated rings. The van der Waals surface area contributed by atoms with Gasteiger partial charge in [-0.25, -0.2) is 9.59 Å². The number of rotatable bonds is 5. The first-order chi connectivity index (χ1) is 13.0. The Labute approximate surface area is 162 Å². The monoisotopic (exact) mass is 388 g/mol. The Kier molecular flexibility index (Phi) is 6.45. The summed E-state index contributed by atoms with van der Waals surface area (Å²) in [5, 5.41) is 16.5. The van der Waals surface area contributed by atoms with Gasteiger partial charge >= 0.3 is 12.0 Å². The summed E-state index contributed by atoms with van der Waals surface area (Å²) < 4.78 is 5.02. The topological polar surface area (TPSA) is 128 Å². The van der Waals surface area contributed by atoms with Crippen molar-refractivity contribution in [1.29, 1.82) is 0 Å². The van der Waals surface area contributed by atoms with Crippen LogP contribution in [0.1, 0.15) is 33.3 Å². The Morgan fingerprint density at radius 3 is 2.43 bits per heavy atom. The second-order valence-electron chi connectivity index (χ2n) is 7.33. The number of carbonyl (C=O) groups excluding carboxylic acids is 3. The molecule has 1 aromatic carbocycles. The van der Waals surface area contributed by atoms with Gasteiger partial charge < -0.3 is 10.1 Å². The first-order valence-electron chi connectivity index (χ1n) is 8.71. The predicted octanol–water partition coefficient (Wildman–Crippen LogP) is 1.20. The zero-order valence-corrected chi connectivity index (χ0v) is 16.5. The molecule has 0 saturated heterocycles. The molecule has 0 spiro atoms. The normalized spacial score (nSPS) is 12.2. The van der Waals surface area contributed by atoms with Gasteiger partial charge in [-0.15, -0.1) is 10.2 Å². The van der Waals surface area contributed by atoms with Gasteiger partial charge in [-0.05, 0) is 39.8 Å². The Bertz CT molecular complexity index is 854.